The number of rotatable bonds is 3. The van der Waals surface area contributed by atoms with E-state index in [0.29, 0.717) is 0 Å². The van der Waals surface area contributed by atoms with Gasteiger partial charge in [-0.05, 0) is 11.8 Å². The molecule has 0 atom stereocenters. The van der Waals surface area contributed by atoms with Gasteiger partial charge in [0.2, 0.25) is 0 Å². The van der Waals surface area contributed by atoms with Crippen molar-refractivity contribution in [2.45, 2.75) is 17.3 Å². The Morgan fingerprint density at radius 3 is 2.17 bits per heavy atom. The summed E-state index contributed by atoms with van der Waals surface area (Å²) in [4.78, 5) is 9.06. The van der Waals surface area contributed by atoms with Crippen LogP contribution in [0.3, 0.4) is 0 Å². The summed E-state index contributed by atoms with van der Waals surface area (Å²) in [6, 6.07) is 45.4. The Morgan fingerprint density at radius 2 is 1.36 bits per heavy atom. The largest absolute Gasteiger partial charge is 0.305 e. The predicted octanol–water partition coefficient (Wildman–Crippen LogP) is 10.6. The minimum atomic E-state index is -2.09. The van der Waals surface area contributed by atoms with Crippen molar-refractivity contribution in [2.24, 2.45) is 0 Å². The summed E-state index contributed by atoms with van der Waals surface area (Å²) in [7, 11) is 0. The van der Waals surface area contributed by atoms with E-state index < -0.39 is 13.3 Å². The molecule has 6 heteroatoms. The molecule has 231 valence electrons. The minimum Gasteiger partial charge on any atom is -0.305 e. The van der Waals surface area contributed by atoms with Crippen molar-refractivity contribution >= 4 is 72.3 Å². The van der Waals surface area contributed by atoms with Gasteiger partial charge in [-0.1, -0.05) is 30.3 Å². The fourth-order valence-electron chi connectivity index (χ4n) is 6.15. The Labute approximate surface area is 289 Å². The quantitative estimate of drug-likeness (QED) is 0.131. The van der Waals surface area contributed by atoms with E-state index >= 15 is 0 Å². The molecular weight excluding hydrogens is 817 g/mol. The van der Waals surface area contributed by atoms with Crippen molar-refractivity contribution < 1.29 is 28.9 Å². The Bertz CT molecular complexity index is 2480. The third-order valence-corrected chi connectivity index (χ3v) is 12.6. The molecule has 0 aliphatic rings. The standard InChI is InChI=1S/C30H22GeNO2.C11H8N.Ir/c1-31(2,3)25-13-7-11-21-24-17-32-26(16-27(24)33-30(21)25)23-12-6-10-20-22-15-14-18-8-4-5-9-19(18)28(22)34-29(20)23;1-2-6-10(7-3-1)11-8-4-5-9-12-11;/h4-11,13-17H,1-3H3;1-6,8-9H;/q2*-1;. The zero-order chi connectivity index (χ0) is 31.3. The number of benzene rings is 5. The predicted molar refractivity (Wildman–Crippen MR) is 192 cm³/mol. The van der Waals surface area contributed by atoms with Crippen LogP contribution >= 0.6 is 0 Å². The summed E-state index contributed by atoms with van der Waals surface area (Å²) in [5, 5.41) is 6.66. The number of para-hydroxylation sites is 1. The third-order valence-electron chi connectivity index (χ3n) is 8.42. The first-order chi connectivity index (χ1) is 22.5. The number of nitrogens with zero attached hydrogens (tertiary/aromatic N) is 2. The Morgan fingerprint density at radius 1 is 0.574 bits per heavy atom. The van der Waals surface area contributed by atoms with E-state index in [-0.39, 0.29) is 20.1 Å². The summed E-state index contributed by atoms with van der Waals surface area (Å²) in [6.45, 7) is 0. The van der Waals surface area contributed by atoms with Crippen molar-refractivity contribution in [3.8, 4) is 22.5 Å². The van der Waals surface area contributed by atoms with Crippen molar-refractivity contribution in [3.05, 3.63) is 140 Å². The number of fused-ring (bicyclic) bond motifs is 8. The number of hydrogen-bond acceptors (Lipinski definition) is 4. The smallest absolute Gasteiger partial charge is 0.0160 e. The van der Waals surface area contributed by atoms with Gasteiger partial charge in [0.05, 0.1) is 0 Å². The van der Waals surface area contributed by atoms with Crippen LogP contribution < -0.4 is 4.40 Å². The molecule has 0 fully saturated rings. The number of furan rings is 2. The molecule has 47 heavy (non-hydrogen) atoms. The molecule has 0 unspecified atom stereocenters. The van der Waals surface area contributed by atoms with Crippen LogP contribution in [-0.4, -0.2) is 23.2 Å². The van der Waals surface area contributed by atoms with E-state index in [4.69, 9.17) is 13.8 Å². The van der Waals surface area contributed by atoms with E-state index in [1.54, 1.807) is 6.20 Å². The third kappa shape index (κ3) is 5.69. The average Bonchev–Trinajstić information content (AvgIpc) is 3.67. The van der Waals surface area contributed by atoms with Crippen molar-refractivity contribution in [3.63, 3.8) is 0 Å². The van der Waals surface area contributed by atoms with Gasteiger partial charge in [-0.25, -0.2) is 0 Å². The molecule has 0 amide bonds. The number of pyridine rings is 2. The van der Waals surface area contributed by atoms with Gasteiger partial charge in [0, 0.05) is 26.3 Å². The van der Waals surface area contributed by atoms with E-state index in [9.17, 15) is 0 Å². The maximum absolute atomic E-state index is 6.49. The maximum Gasteiger partial charge on any atom is 0.0160 e. The first-order valence-corrected chi connectivity index (χ1v) is 22.7. The van der Waals surface area contributed by atoms with Gasteiger partial charge >= 0.3 is 182 Å². The average molecular weight is 848 g/mol. The molecule has 0 saturated carbocycles. The molecule has 5 aromatic carbocycles. The SMILES string of the molecule is [CH3][Ge]([CH3])([CH3])[c]1cccc2c1oc1cc(-c3[c-]ccc4c3oc3c5ccccc5ccc43)ncc12.[Ir].[c-]1ccccc1-c1ccccn1. The fraction of sp³-hybridized carbons (Fsp3) is 0.0732. The molecule has 4 heterocycles. The van der Waals surface area contributed by atoms with Crippen LogP contribution in [0.1, 0.15) is 0 Å². The summed E-state index contributed by atoms with van der Waals surface area (Å²) >= 11 is -2.09. The van der Waals surface area contributed by atoms with Crippen LogP contribution in [0.25, 0.3) is 77.2 Å². The maximum atomic E-state index is 6.49. The van der Waals surface area contributed by atoms with E-state index in [0.717, 1.165) is 71.8 Å². The van der Waals surface area contributed by atoms with Crippen LogP contribution in [0.5, 0.6) is 0 Å². The molecule has 0 N–H and O–H groups in total. The molecule has 9 rings (SSSR count). The topological polar surface area (TPSA) is 52.1 Å². The monoisotopic (exact) mass is 849 g/mol. The van der Waals surface area contributed by atoms with Gasteiger partial charge < -0.3 is 4.98 Å². The Balaban J connectivity index is 0.000000228. The van der Waals surface area contributed by atoms with Gasteiger partial charge in [0.15, 0.2) is 0 Å². The molecule has 4 aromatic heterocycles. The van der Waals surface area contributed by atoms with Gasteiger partial charge in [-0.15, -0.1) is 35.9 Å². The molecular formula is C41H30GeIrN2O2-2. The molecule has 1 radical (unpaired) electrons. The van der Waals surface area contributed by atoms with Gasteiger partial charge in [0.1, 0.15) is 0 Å². The van der Waals surface area contributed by atoms with Crippen LogP contribution in [-0.2, 0) is 20.1 Å². The summed E-state index contributed by atoms with van der Waals surface area (Å²) < 4.78 is 14.3. The van der Waals surface area contributed by atoms with Crippen molar-refractivity contribution in [2.75, 3.05) is 0 Å². The summed E-state index contributed by atoms with van der Waals surface area (Å²) in [6.07, 6.45) is 3.72. The first-order valence-electron chi connectivity index (χ1n) is 15.4. The van der Waals surface area contributed by atoms with Gasteiger partial charge in [-0.3, -0.25) is 0 Å². The van der Waals surface area contributed by atoms with Crippen LogP contribution in [0.4, 0.5) is 0 Å². The normalized spacial score (nSPS) is 11.6. The molecule has 9 aromatic rings. The second-order valence-electron chi connectivity index (χ2n) is 12.5. The minimum absolute atomic E-state index is 0. The molecule has 0 aliphatic heterocycles. The van der Waals surface area contributed by atoms with E-state index in [1.165, 1.54) is 9.78 Å². The van der Waals surface area contributed by atoms with E-state index in [2.05, 4.69) is 95.0 Å². The van der Waals surface area contributed by atoms with Gasteiger partial charge in [0.25, 0.3) is 0 Å². The van der Waals surface area contributed by atoms with Crippen LogP contribution in [0, 0.1) is 12.1 Å². The first kappa shape index (κ1) is 31.1. The Kier molecular flexibility index (Phi) is 8.31. The second-order valence-corrected chi connectivity index (χ2v) is 23.0. The molecule has 0 saturated heterocycles. The van der Waals surface area contributed by atoms with Gasteiger partial charge in [-0.2, -0.15) is 0 Å². The van der Waals surface area contributed by atoms with Crippen molar-refractivity contribution in [1.82, 2.24) is 9.97 Å². The molecule has 0 aliphatic carbocycles. The molecule has 0 spiro atoms. The zero-order valence-corrected chi connectivity index (χ0v) is 30.7. The Hall–Kier alpha value is -4.55. The van der Waals surface area contributed by atoms with E-state index in [1.807, 2.05) is 60.8 Å². The molecule has 4 nitrogen and oxygen atoms in total. The van der Waals surface area contributed by atoms with Crippen LogP contribution in [0.15, 0.2) is 136 Å². The number of hydrogen-bond donors (Lipinski definition) is 0. The van der Waals surface area contributed by atoms with Crippen LogP contribution in [0.2, 0.25) is 17.3 Å². The molecule has 0 bridgehead atoms. The second kappa shape index (κ2) is 12.6. The fourth-order valence-corrected chi connectivity index (χ4v) is 9.22. The van der Waals surface area contributed by atoms with Crippen molar-refractivity contribution in [1.29, 1.82) is 0 Å². The number of aromatic nitrogens is 2. The summed E-state index contributed by atoms with van der Waals surface area (Å²) in [5.74, 6) is 7.19. The zero-order valence-electron chi connectivity index (χ0n) is 26.2. The summed E-state index contributed by atoms with van der Waals surface area (Å²) in [5.41, 5.74) is 7.25.